The molecule has 24 heavy (non-hydrogen) atoms. The highest BCUT2D eigenvalue weighted by atomic mass is 16.3. The van der Waals surface area contributed by atoms with Crippen molar-refractivity contribution in [2.24, 2.45) is 0 Å². The summed E-state index contributed by atoms with van der Waals surface area (Å²) in [6, 6.07) is 8.52. The van der Waals surface area contributed by atoms with Gasteiger partial charge >= 0.3 is 0 Å². The fourth-order valence-corrected chi connectivity index (χ4v) is 3.47. The van der Waals surface area contributed by atoms with E-state index in [0.29, 0.717) is 17.9 Å². The van der Waals surface area contributed by atoms with Gasteiger partial charge in [0.25, 0.3) is 0 Å². The number of aliphatic hydroxyl groups excluding tert-OH is 1. The summed E-state index contributed by atoms with van der Waals surface area (Å²) in [6.45, 7) is 5.07. The molecule has 3 rings (SSSR count). The minimum atomic E-state index is 0.147. The molecule has 0 radical (unpaired) electrons. The number of hydrogen-bond donors (Lipinski definition) is 1. The van der Waals surface area contributed by atoms with Crippen molar-refractivity contribution < 1.29 is 5.11 Å². The van der Waals surface area contributed by atoms with E-state index in [9.17, 15) is 10.4 Å². The van der Waals surface area contributed by atoms with Gasteiger partial charge in [-0.25, -0.2) is 0 Å². The van der Waals surface area contributed by atoms with Gasteiger partial charge in [-0.2, -0.15) is 5.26 Å². The van der Waals surface area contributed by atoms with Crippen molar-refractivity contribution in [1.82, 2.24) is 15.0 Å². The third-order valence-electron chi connectivity index (χ3n) is 4.50. The number of rotatable bonds is 4. The summed E-state index contributed by atoms with van der Waals surface area (Å²) in [6.07, 6.45) is 3.93. The molecule has 0 spiro atoms. The van der Waals surface area contributed by atoms with Crippen LogP contribution in [0.4, 0.5) is 5.82 Å². The minimum Gasteiger partial charge on any atom is -0.396 e. The molecule has 0 amide bonds. The van der Waals surface area contributed by atoms with Crippen LogP contribution in [0.3, 0.4) is 0 Å². The van der Waals surface area contributed by atoms with Gasteiger partial charge in [-0.1, -0.05) is 6.07 Å². The first-order valence-corrected chi connectivity index (χ1v) is 8.46. The maximum absolute atomic E-state index is 9.49. The van der Waals surface area contributed by atoms with Gasteiger partial charge in [-0.15, -0.1) is 15.0 Å². The summed E-state index contributed by atoms with van der Waals surface area (Å²) < 4.78 is 0. The largest absolute Gasteiger partial charge is 0.396 e. The Morgan fingerprint density at radius 2 is 1.96 bits per heavy atom. The van der Waals surface area contributed by atoms with Crippen LogP contribution in [0.1, 0.15) is 42.5 Å². The molecule has 1 aliphatic heterocycles. The van der Waals surface area contributed by atoms with Crippen molar-refractivity contribution in [2.45, 2.75) is 45.6 Å². The average Bonchev–Trinajstić information content (AvgIpc) is 2.99. The smallest absolute Gasteiger partial charge is 0.207 e. The topological polar surface area (TPSA) is 78.0 Å². The zero-order chi connectivity index (χ0) is 17.1. The van der Waals surface area contributed by atoms with Crippen LogP contribution >= 0.6 is 0 Å². The fraction of sp³-hybridized carbons (Fsp3) is 0.500. The standard InChI is InChI=1S/C18H23N5O/c1-13-9-14(2)11-16(10-13)23-20-17(12-19)18(21-23)22-7-4-3-5-15(22)6-8-24/h9-11,15,24H,3-8H2,1-2H3. The van der Waals surface area contributed by atoms with Crippen LogP contribution in [0.25, 0.3) is 5.69 Å². The first kappa shape index (κ1) is 16.5. The number of benzene rings is 1. The Morgan fingerprint density at radius 3 is 2.62 bits per heavy atom. The molecule has 126 valence electrons. The van der Waals surface area contributed by atoms with Crippen molar-refractivity contribution >= 4 is 5.82 Å². The fourth-order valence-electron chi connectivity index (χ4n) is 3.47. The van der Waals surface area contributed by atoms with Gasteiger partial charge in [0.1, 0.15) is 6.07 Å². The summed E-state index contributed by atoms with van der Waals surface area (Å²) in [5.41, 5.74) is 3.49. The Hall–Kier alpha value is -2.39. The van der Waals surface area contributed by atoms with E-state index in [2.05, 4.69) is 27.2 Å². The number of piperidine rings is 1. The van der Waals surface area contributed by atoms with Gasteiger partial charge in [0.2, 0.25) is 5.69 Å². The van der Waals surface area contributed by atoms with Crippen LogP contribution in [-0.4, -0.2) is 39.3 Å². The molecule has 2 heterocycles. The Labute approximate surface area is 142 Å². The van der Waals surface area contributed by atoms with Gasteiger partial charge in [0.15, 0.2) is 5.82 Å². The van der Waals surface area contributed by atoms with Crippen molar-refractivity contribution in [1.29, 1.82) is 5.26 Å². The first-order chi connectivity index (χ1) is 11.6. The maximum Gasteiger partial charge on any atom is 0.207 e. The predicted octanol–water partition coefficient (Wildman–Crippen LogP) is 2.50. The third kappa shape index (κ3) is 3.26. The van der Waals surface area contributed by atoms with E-state index in [1.54, 1.807) is 4.80 Å². The lowest BCUT2D eigenvalue weighted by Crippen LogP contribution is -2.40. The van der Waals surface area contributed by atoms with Gasteiger partial charge < -0.3 is 10.0 Å². The second-order valence-corrected chi connectivity index (χ2v) is 6.47. The van der Waals surface area contributed by atoms with E-state index in [1.165, 1.54) is 0 Å². The van der Waals surface area contributed by atoms with Gasteiger partial charge in [0, 0.05) is 19.2 Å². The molecule has 0 aliphatic carbocycles. The summed E-state index contributed by atoms with van der Waals surface area (Å²) in [7, 11) is 0. The highest BCUT2D eigenvalue weighted by molar-refractivity contribution is 5.52. The molecule has 1 fully saturated rings. The van der Waals surface area contributed by atoms with Crippen LogP contribution in [0.5, 0.6) is 0 Å². The number of nitriles is 1. The van der Waals surface area contributed by atoms with Crippen LogP contribution < -0.4 is 4.90 Å². The molecule has 1 unspecified atom stereocenters. The molecule has 0 bridgehead atoms. The molecular formula is C18H23N5O. The molecule has 6 heteroatoms. The summed E-state index contributed by atoms with van der Waals surface area (Å²) >= 11 is 0. The minimum absolute atomic E-state index is 0.147. The van der Waals surface area contributed by atoms with Crippen molar-refractivity contribution in [3.8, 4) is 11.8 Å². The van der Waals surface area contributed by atoms with Crippen LogP contribution in [0.2, 0.25) is 0 Å². The normalized spacial score (nSPS) is 17.8. The van der Waals surface area contributed by atoms with Gasteiger partial charge in [0.05, 0.1) is 5.69 Å². The van der Waals surface area contributed by atoms with Gasteiger partial charge in [-0.05, 0) is 62.8 Å². The molecule has 1 atom stereocenters. The molecule has 1 aromatic heterocycles. The molecular weight excluding hydrogens is 302 g/mol. The molecule has 1 aliphatic rings. The lowest BCUT2D eigenvalue weighted by molar-refractivity contribution is 0.262. The Kier molecular flexibility index (Phi) is 4.81. The molecule has 1 N–H and O–H groups in total. The second-order valence-electron chi connectivity index (χ2n) is 6.47. The monoisotopic (exact) mass is 325 g/mol. The maximum atomic E-state index is 9.49. The number of hydrogen-bond acceptors (Lipinski definition) is 5. The van der Waals surface area contributed by atoms with Gasteiger partial charge in [-0.3, -0.25) is 0 Å². The lowest BCUT2D eigenvalue weighted by Gasteiger charge is -2.35. The lowest BCUT2D eigenvalue weighted by atomic mass is 9.99. The van der Waals surface area contributed by atoms with Crippen molar-refractivity contribution in [3.63, 3.8) is 0 Å². The Balaban J connectivity index is 2.00. The van der Waals surface area contributed by atoms with E-state index in [1.807, 2.05) is 26.0 Å². The molecule has 1 aromatic carbocycles. The Morgan fingerprint density at radius 1 is 1.21 bits per heavy atom. The van der Waals surface area contributed by atoms with E-state index >= 15 is 0 Å². The van der Waals surface area contributed by atoms with Crippen LogP contribution in [-0.2, 0) is 0 Å². The number of nitrogens with zero attached hydrogens (tertiary/aromatic N) is 5. The SMILES string of the molecule is Cc1cc(C)cc(-n2nc(C#N)c(N3CCCCC3CCO)n2)c1. The molecule has 1 saturated heterocycles. The van der Waals surface area contributed by atoms with E-state index in [0.717, 1.165) is 42.6 Å². The number of aliphatic hydroxyl groups is 1. The predicted molar refractivity (Wildman–Crippen MR) is 92.2 cm³/mol. The quantitative estimate of drug-likeness (QED) is 0.934. The second kappa shape index (κ2) is 7.02. The highest BCUT2D eigenvalue weighted by Crippen LogP contribution is 2.27. The Bertz CT molecular complexity index is 739. The van der Waals surface area contributed by atoms with Crippen LogP contribution in [0.15, 0.2) is 18.2 Å². The summed E-state index contributed by atoms with van der Waals surface area (Å²) in [4.78, 5) is 3.70. The van der Waals surface area contributed by atoms with E-state index < -0.39 is 0 Å². The summed E-state index contributed by atoms with van der Waals surface area (Å²) in [5.74, 6) is 0.634. The summed E-state index contributed by atoms with van der Waals surface area (Å²) in [5, 5.41) is 27.8. The van der Waals surface area contributed by atoms with Crippen molar-refractivity contribution in [3.05, 3.63) is 35.0 Å². The highest BCUT2D eigenvalue weighted by Gasteiger charge is 2.27. The van der Waals surface area contributed by atoms with E-state index in [4.69, 9.17) is 0 Å². The van der Waals surface area contributed by atoms with E-state index in [-0.39, 0.29) is 12.6 Å². The first-order valence-electron chi connectivity index (χ1n) is 8.46. The van der Waals surface area contributed by atoms with Crippen LogP contribution in [0, 0.1) is 25.2 Å². The number of aryl methyl sites for hydroxylation is 2. The molecule has 2 aromatic rings. The third-order valence-corrected chi connectivity index (χ3v) is 4.50. The number of aromatic nitrogens is 3. The zero-order valence-corrected chi connectivity index (χ0v) is 14.2. The number of anilines is 1. The zero-order valence-electron chi connectivity index (χ0n) is 14.2. The molecule has 6 nitrogen and oxygen atoms in total. The van der Waals surface area contributed by atoms with Crippen molar-refractivity contribution in [2.75, 3.05) is 18.1 Å². The average molecular weight is 325 g/mol. The molecule has 0 saturated carbocycles.